The van der Waals surface area contributed by atoms with Crippen LogP contribution in [0.1, 0.15) is 6.92 Å². The lowest BCUT2D eigenvalue weighted by atomic mass is 10.3. The van der Waals surface area contributed by atoms with Crippen molar-refractivity contribution in [2.45, 2.75) is 13.0 Å². The number of methoxy groups -OCH3 is 1. The van der Waals surface area contributed by atoms with Crippen molar-refractivity contribution in [2.24, 2.45) is 0 Å². The number of rotatable bonds is 3. The Bertz CT molecular complexity index is 205. The Morgan fingerprint density at radius 1 is 1.27 bits per heavy atom. The molecule has 0 spiro atoms. The molecule has 0 atom stereocenters. The highest BCUT2D eigenvalue weighted by molar-refractivity contribution is 6.53. The average Bonchev–Trinajstić information content (AvgIpc) is 2.07. The summed E-state index contributed by atoms with van der Waals surface area (Å²) in [7, 11) is 2.62. The molecule has 2 heteroatoms. The second-order valence-electron chi connectivity index (χ2n) is 2.26. The van der Waals surface area contributed by atoms with E-state index in [4.69, 9.17) is 4.74 Å². The summed E-state index contributed by atoms with van der Waals surface area (Å²) in [4.78, 5) is 0. The zero-order valence-corrected chi connectivity index (χ0v) is 7.92. The minimum Gasteiger partial charge on any atom is -0.497 e. The molecule has 0 aliphatic rings. The predicted molar refractivity (Wildman–Crippen MR) is 48.9 cm³/mol. The second-order valence-corrected chi connectivity index (χ2v) is 3.90. The molecule has 0 N–H and O–H groups in total. The van der Waals surface area contributed by atoms with E-state index in [1.165, 1.54) is 11.2 Å². The maximum Gasteiger partial charge on any atom is 0.118 e. The van der Waals surface area contributed by atoms with Gasteiger partial charge in [0.25, 0.3) is 0 Å². The van der Waals surface area contributed by atoms with Crippen LogP contribution in [0.3, 0.4) is 0 Å². The average molecular weight is 164 g/mol. The molecule has 0 aliphatic heterocycles. The molecule has 0 heterocycles. The van der Waals surface area contributed by atoms with E-state index in [2.05, 4.69) is 19.1 Å². The summed E-state index contributed by atoms with van der Waals surface area (Å²) >= 11 is 0. The zero-order chi connectivity index (χ0) is 8.10. The van der Waals surface area contributed by atoms with Crippen LogP contribution in [-0.2, 0) is 0 Å². The topological polar surface area (TPSA) is 9.23 Å². The fourth-order valence-corrected chi connectivity index (χ4v) is 1.72. The molecule has 1 aromatic carbocycles. The molecule has 1 rings (SSSR count). The van der Waals surface area contributed by atoms with Gasteiger partial charge in [0.15, 0.2) is 0 Å². The van der Waals surface area contributed by atoms with Crippen LogP contribution in [0.15, 0.2) is 24.3 Å². The largest absolute Gasteiger partial charge is 0.497 e. The Balaban J connectivity index is 2.66. The molecule has 1 aromatic rings. The highest BCUT2D eigenvalue weighted by Gasteiger charge is 1.92. The first-order chi connectivity index (χ1) is 5.36. The monoisotopic (exact) mass is 164 g/mol. The second kappa shape index (κ2) is 4.19. The van der Waals surface area contributed by atoms with E-state index in [0.29, 0.717) is 0 Å². The first-order valence-electron chi connectivity index (χ1n) is 3.74. The van der Waals surface area contributed by atoms with Gasteiger partial charge in [0, 0.05) is 0 Å². The molecule has 58 valence electrons. The summed E-state index contributed by atoms with van der Waals surface area (Å²) in [6, 6.07) is 9.50. The molecule has 0 fully saturated rings. The van der Waals surface area contributed by atoms with Crippen LogP contribution < -0.4 is 9.92 Å². The van der Waals surface area contributed by atoms with Gasteiger partial charge in [-0.1, -0.05) is 30.3 Å². The number of ether oxygens (including phenoxy) is 1. The maximum absolute atomic E-state index is 5.05. The van der Waals surface area contributed by atoms with E-state index in [9.17, 15) is 0 Å². The van der Waals surface area contributed by atoms with Gasteiger partial charge in [-0.15, -0.1) is 0 Å². The minimum absolute atomic E-state index is 0.929. The first kappa shape index (κ1) is 8.33. The molecule has 0 aromatic heterocycles. The van der Waals surface area contributed by atoms with E-state index in [1.807, 2.05) is 12.1 Å². The van der Waals surface area contributed by atoms with Gasteiger partial charge in [0.2, 0.25) is 0 Å². The number of benzene rings is 1. The first-order valence-corrected chi connectivity index (χ1v) is 4.95. The summed E-state index contributed by atoms with van der Waals surface area (Å²) in [6.45, 7) is 2.20. The van der Waals surface area contributed by atoms with Crippen LogP contribution in [0, 0.1) is 0 Å². The van der Waals surface area contributed by atoms with Gasteiger partial charge >= 0.3 is 0 Å². The summed E-state index contributed by atoms with van der Waals surface area (Å²) in [5.74, 6) is 0.939. The normalized spacial score (nSPS) is 9.64. The van der Waals surface area contributed by atoms with Gasteiger partial charge in [-0.25, -0.2) is 0 Å². The third-order valence-electron chi connectivity index (χ3n) is 1.47. The molecular formula is C9H12OSi. The lowest BCUT2D eigenvalue weighted by Gasteiger charge is -2.00. The van der Waals surface area contributed by atoms with E-state index < -0.39 is 0 Å². The summed E-state index contributed by atoms with van der Waals surface area (Å²) in [6.07, 6.45) is 0. The lowest BCUT2D eigenvalue weighted by Crippen LogP contribution is -2.11. The molecule has 0 unspecified atom stereocenters. The molecule has 0 saturated heterocycles. The number of hydrogen-bond donors (Lipinski definition) is 0. The fraction of sp³-hybridized carbons (Fsp3) is 0.333. The maximum atomic E-state index is 5.05. The van der Waals surface area contributed by atoms with Crippen molar-refractivity contribution in [1.82, 2.24) is 0 Å². The molecule has 11 heavy (non-hydrogen) atoms. The molecule has 2 radical (unpaired) electrons. The van der Waals surface area contributed by atoms with E-state index in [1.54, 1.807) is 7.11 Å². The van der Waals surface area contributed by atoms with Crippen molar-refractivity contribution >= 4 is 14.7 Å². The van der Waals surface area contributed by atoms with E-state index in [-0.39, 0.29) is 0 Å². The van der Waals surface area contributed by atoms with Gasteiger partial charge in [-0.3, -0.25) is 0 Å². The Labute approximate surface area is 70.2 Å². The van der Waals surface area contributed by atoms with Crippen LogP contribution in [0.2, 0.25) is 6.04 Å². The third-order valence-corrected chi connectivity index (χ3v) is 2.57. The molecule has 0 saturated carbocycles. The Hall–Kier alpha value is -0.763. The Morgan fingerprint density at radius 2 is 1.91 bits per heavy atom. The molecule has 0 bridgehead atoms. The van der Waals surface area contributed by atoms with Crippen molar-refractivity contribution in [3.63, 3.8) is 0 Å². The van der Waals surface area contributed by atoms with Crippen molar-refractivity contribution in [2.75, 3.05) is 7.11 Å². The van der Waals surface area contributed by atoms with Crippen molar-refractivity contribution in [1.29, 1.82) is 0 Å². The van der Waals surface area contributed by atoms with E-state index in [0.717, 1.165) is 15.3 Å². The summed E-state index contributed by atoms with van der Waals surface area (Å²) < 4.78 is 5.05. The standard InChI is InChI=1S/C9H12OSi/c1-3-11-9-6-4-8(10-2)5-7-9/h4-7H,3H2,1-2H3. The van der Waals surface area contributed by atoms with Crippen LogP contribution in [-0.4, -0.2) is 16.6 Å². The van der Waals surface area contributed by atoms with Crippen molar-refractivity contribution in [3.8, 4) is 5.75 Å². The van der Waals surface area contributed by atoms with Crippen LogP contribution >= 0.6 is 0 Å². The highest BCUT2D eigenvalue weighted by atomic mass is 28.2. The fourth-order valence-electron chi connectivity index (χ4n) is 0.913. The van der Waals surface area contributed by atoms with Crippen LogP contribution in [0.5, 0.6) is 5.75 Å². The Morgan fingerprint density at radius 3 is 2.36 bits per heavy atom. The quantitative estimate of drug-likeness (QED) is 0.615. The van der Waals surface area contributed by atoms with E-state index >= 15 is 0 Å². The van der Waals surface area contributed by atoms with Crippen LogP contribution in [0.4, 0.5) is 0 Å². The lowest BCUT2D eigenvalue weighted by molar-refractivity contribution is 0.415. The third kappa shape index (κ3) is 2.39. The van der Waals surface area contributed by atoms with Crippen molar-refractivity contribution in [3.05, 3.63) is 24.3 Å². The van der Waals surface area contributed by atoms with Gasteiger partial charge < -0.3 is 4.74 Å². The molecular weight excluding hydrogens is 152 g/mol. The molecule has 0 aliphatic carbocycles. The SMILES string of the molecule is CC[Si]c1ccc(OC)cc1. The summed E-state index contributed by atoms with van der Waals surface area (Å²) in [5, 5.41) is 1.41. The van der Waals surface area contributed by atoms with Crippen molar-refractivity contribution < 1.29 is 4.74 Å². The predicted octanol–water partition coefficient (Wildman–Crippen LogP) is 1.46. The highest BCUT2D eigenvalue weighted by Crippen LogP contribution is 2.05. The van der Waals surface area contributed by atoms with Gasteiger partial charge in [0.1, 0.15) is 5.75 Å². The minimum atomic E-state index is 0.929. The van der Waals surface area contributed by atoms with Gasteiger partial charge in [-0.2, -0.15) is 0 Å². The molecule has 1 nitrogen and oxygen atoms in total. The zero-order valence-electron chi connectivity index (χ0n) is 6.92. The number of hydrogen-bond acceptors (Lipinski definition) is 1. The molecule has 0 amide bonds. The summed E-state index contributed by atoms with van der Waals surface area (Å²) in [5.41, 5.74) is 0. The van der Waals surface area contributed by atoms with Crippen LogP contribution in [0.25, 0.3) is 0 Å². The van der Waals surface area contributed by atoms with Gasteiger partial charge in [0.05, 0.1) is 16.6 Å². The Kier molecular flexibility index (Phi) is 3.17. The smallest absolute Gasteiger partial charge is 0.118 e. The van der Waals surface area contributed by atoms with Gasteiger partial charge in [-0.05, 0) is 12.1 Å².